The highest BCUT2D eigenvalue weighted by molar-refractivity contribution is 7.99. The van der Waals surface area contributed by atoms with Crippen molar-refractivity contribution in [3.05, 3.63) is 53.6 Å². The van der Waals surface area contributed by atoms with Crippen LogP contribution in [0.3, 0.4) is 0 Å². The van der Waals surface area contributed by atoms with Crippen LogP contribution in [0.15, 0.2) is 42.5 Å². The van der Waals surface area contributed by atoms with E-state index in [1.165, 1.54) is 0 Å². The summed E-state index contributed by atoms with van der Waals surface area (Å²) in [6.07, 6.45) is 0. The summed E-state index contributed by atoms with van der Waals surface area (Å²) in [6.45, 7) is 5.46. The van der Waals surface area contributed by atoms with Gasteiger partial charge in [0.1, 0.15) is 18.4 Å². The zero-order valence-electron chi connectivity index (χ0n) is 16.0. The number of rotatable bonds is 9. The SMILES string of the molecule is CCOc1ccc(COc2ccc([C@H]3N[C@H](C(=O)O)CS3)cc2)cc1OCC. The van der Waals surface area contributed by atoms with Crippen molar-refractivity contribution in [3.8, 4) is 17.2 Å². The quantitative estimate of drug-likeness (QED) is 0.658. The molecule has 2 atom stereocenters. The van der Waals surface area contributed by atoms with Gasteiger partial charge in [-0.3, -0.25) is 10.1 Å². The van der Waals surface area contributed by atoms with Gasteiger partial charge in [0.05, 0.1) is 18.6 Å². The van der Waals surface area contributed by atoms with Crippen LogP contribution in [0.1, 0.15) is 30.3 Å². The summed E-state index contributed by atoms with van der Waals surface area (Å²) >= 11 is 1.60. The van der Waals surface area contributed by atoms with Crippen LogP contribution >= 0.6 is 11.8 Å². The molecule has 0 aromatic heterocycles. The molecule has 3 rings (SSSR count). The molecule has 1 saturated heterocycles. The molecule has 2 N–H and O–H groups in total. The molecule has 1 aliphatic rings. The Morgan fingerprint density at radius 2 is 1.79 bits per heavy atom. The maximum Gasteiger partial charge on any atom is 0.321 e. The third-order valence-electron chi connectivity index (χ3n) is 4.28. The van der Waals surface area contributed by atoms with Crippen LogP contribution in [0, 0.1) is 0 Å². The minimum absolute atomic E-state index is 0.00462. The summed E-state index contributed by atoms with van der Waals surface area (Å²) in [6, 6.07) is 13.1. The van der Waals surface area contributed by atoms with Crippen LogP contribution in [-0.2, 0) is 11.4 Å². The molecule has 2 aromatic carbocycles. The number of ether oxygens (including phenoxy) is 3. The molecule has 0 spiro atoms. The number of aliphatic carboxylic acids is 1. The Labute approximate surface area is 169 Å². The van der Waals surface area contributed by atoms with Gasteiger partial charge in [-0.2, -0.15) is 0 Å². The zero-order chi connectivity index (χ0) is 19.9. The van der Waals surface area contributed by atoms with Crippen LogP contribution in [0.4, 0.5) is 0 Å². The molecule has 0 bridgehead atoms. The van der Waals surface area contributed by atoms with Crippen molar-refractivity contribution in [1.82, 2.24) is 5.32 Å². The van der Waals surface area contributed by atoms with E-state index in [0.29, 0.717) is 25.6 Å². The molecule has 1 aliphatic heterocycles. The van der Waals surface area contributed by atoms with E-state index >= 15 is 0 Å². The Kier molecular flexibility index (Phi) is 7.06. The van der Waals surface area contributed by atoms with Gasteiger partial charge >= 0.3 is 5.97 Å². The molecule has 0 radical (unpaired) electrons. The van der Waals surface area contributed by atoms with Crippen molar-refractivity contribution in [2.24, 2.45) is 0 Å². The lowest BCUT2D eigenvalue weighted by atomic mass is 10.2. The lowest BCUT2D eigenvalue weighted by molar-refractivity contribution is -0.138. The summed E-state index contributed by atoms with van der Waals surface area (Å²) in [5, 5.41) is 12.2. The first kappa shape index (κ1) is 20.4. The van der Waals surface area contributed by atoms with Crippen molar-refractivity contribution < 1.29 is 24.1 Å². The van der Waals surface area contributed by atoms with Crippen molar-refractivity contribution in [1.29, 1.82) is 0 Å². The predicted molar refractivity (Wildman–Crippen MR) is 109 cm³/mol. The van der Waals surface area contributed by atoms with E-state index in [9.17, 15) is 4.79 Å². The van der Waals surface area contributed by atoms with E-state index in [2.05, 4.69) is 5.32 Å². The van der Waals surface area contributed by atoms with Gasteiger partial charge in [-0.1, -0.05) is 18.2 Å². The highest BCUT2D eigenvalue weighted by Gasteiger charge is 2.30. The number of hydrogen-bond donors (Lipinski definition) is 2. The smallest absolute Gasteiger partial charge is 0.321 e. The maximum atomic E-state index is 11.1. The van der Waals surface area contributed by atoms with Gasteiger partial charge < -0.3 is 19.3 Å². The van der Waals surface area contributed by atoms with E-state index in [1.807, 2.05) is 56.3 Å². The first-order valence-corrected chi connectivity index (χ1v) is 10.4. The Morgan fingerprint density at radius 3 is 2.43 bits per heavy atom. The summed E-state index contributed by atoms with van der Waals surface area (Å²) in [5.41, 5.74) is 2.04. The average molecular weight is 404 g/mol. The van der Waals surface area contributed by atoms with Gasteiger partial charge in [-0.25, -0.2) is 0 Å². The molecule has 2 aromatic rings. The number of hydrogen-bond acceptors (Lipinski definition) is 6. The Bertz CT molecular complexity index is 796. The number of carbonyl (C=O) groups is 1. The molecule has 150 valence electrons. The van der Waals surface area contributed by atoms with Crippen molar-refractivity contribution in [3.63, 3.8) is 0 Å². The highest BCUT2D eigenvalue weighted by Crippen LogP contribution is 2.34. The molecule has 0 aliphatic carbocycles. The molecule has 6 nitrogen and oxygen atoms in total. The van der Waals surface area contributed by atoms with Gasteiger partial charge in [-0.15, -0.1) is 11.8 Å². The molecule has 0 unspecified atom stereocenters. The van der Waals surface area contributed by atoms with Gasteiger partial charge in [0, 0.05) is 5.75 Å². The monoisotopic (exact) mass is 403 g/mol. The van der Waals surface area contributed by atoms with Crippen LogP contribution in [0.2, 0.25) is 0 Å². The van der Waals surface area contributed by atoms with Gasteiger partial charge in [-0.05, 0) is 49.2 Å². The van der Waals surface area contributed by atoms with Gasteiger partial charge in [0.15, 0.2) is 11.5 Å². The molecule has 1 fully saturated rings. The van der Waals surface area contributed by atoms with Crippen molar-refractivity contribution in [2.45, 2.75) is 31.9 Å². The maximum absolute atomic E-state index is 11.1. The normalized spacial score (nSPS) is 18.6. The standard InChI is InChI=1S/C21H25NO5S/c1-3-25-18-10-5-14(11-19(18)26-4-2)12-27-16-8-6-15(7-9-16)20-22-17(13-28-20)21(23)24/h5-11,17,20,22H,3-4,12-13H2,1-2H3,(H,23,24)/t17-,20-/m0/s1. The number of carboxylic acids is 1. The van der Waals surface area contributed by atoms with Crippen molar-refractivity contribution >= 4 is 17.7 Å². The van der Waals surface area contributed by atoms with Crippen LogP contribution in [0.5, 0.6) is 17.2 Å². The second kappa shape index (κ2) is 9.71. The number of thioether (sulfide) groups is 1. The van der Waals surface area contributed by atoms with E-state index in [0.717, 1.165) is 28.4 Å². The molecule has 0 amide bonds. The lowest BCUT2D eigenvalue weighted by Gasteiger charge is -2.14. The third kappa shape index (κ3) is 5.11. The third-order valence-corrected chi connectivity index (χ3v) is 5.54. The average Bonchev–Trinajstić information content (AvgIpc) is 3.19. The summed E-state index contributed by atoms with van der Waals surface area (Å²) in [7, 11) is 0. The topological polar surface area (TPSA) is 77.0 Å². The van der Waals surface area contributed by atoms with Gasteiger partial charge in [0.25, 0.3) is 0 Å². The molecule has 0 saturated carbocycles. The number of benzene rings is 2. The molecule has 7 heteroatoms. The van der Waals surface area contributed by atoms with Crippen molar-refractivity contribution in [2.75, 3.05) is 19.0 Å². The van der Waals surface area contributed by atoms with E-state index in [-0.39, 0.29) is 5.37 Å². The Hall–Kier alpha value is -2.38. The molecule has 28 heavy (non-hydrogen) atoms. The number of nitrogens with one attached hydrogen (secondary N) is 1. The fourth-order valence-corrected chi connectivity index (χ4v) is 4.13. The van der Waals surface area contributed by atoms with Crippen LogP contribution < -0.4 is 19.5 Å². The fraction of sp³-hybridized carbons (Fsp3) is 0.381. The number of carboxylic acid groups (broad SMARTS) is 1. The first-order chi connectivity index (χ1) is 13.6. The minimum atomic E-state index is -0.809. The highest BCUT2D eigenvalue weighted by atomic mass is 32.2. The Morgan fingerprint density at radius 1 is 1.07 bits per heavy atom. The van der Waals surface area contributed by atoms with Crippen LogP contribution in [-0.4, -0.2) is 36.1 Å². The summed E-state index contributed by atoms with van der Waals surface area (Å²) in [4.78, 5) is 11.1. The molecular formula is C21H25NO5S. The molecular weight excluding hydrogens is 378 g/mol. The largest absolute Gasteiger partial charge is 0.490 e. The lowest BCUT2D eigenvalue weighted by Crippen LogP contribution is -2.33. The minimum Gasteiger partial charge on any atom is -0.490 e. The fourth-order valence-electron chi connectivity index (χ4n) is 2.90. The zero-order valence-corrected chi connectivity index (χ0v) is 16.8. The second-order valence-corrected chi connectivity index (χ2v) is 7.41. The summed E-state index contributed by atoms with van der Waals surface area (Å²) < 4.78 is 17.1. The first-order valence-electron chi connectivity index (χ1n) is 9.32. The van der Waals surface area contributed by atoms with E-state index < -0.39 is 12.0 Å². The van der Waals surface area contributed by atoms with Crippen LogP contribution in [0.25, 0.3) is 0 Å². The second-order valence-electron chi connectivity index (χ2n) is 6.28. The van der Waals surface area contributed by atoms with E-state index in [1.54, 1.807) is 11.8 Å². The molecule has 1 heterocycles. The predicted octanol–water partition coefficient (Wildman–Crippen LogP) is 3.85. The summed E-state index contributed by atoms with van der Waals surface area (Å²) in [5.74, 6) is 1.97. The Balaban J connectivity index is 1.59. The van der Waals surface area contributed by atoms with E-state index in [4.69, 9.17) is 19.3 Å². The van der Waals surface area contributed by atoms with Gasteiger partial charge in [0.2, 0.25) is 0 Å².